The van der Waals surface area contributed by atoms with Gasteiger partial charge in [0.25, 0.3) is 5.91 Å². The van der Waals surface area contributed by atoms with Gasteiger partial charge in [0.05, 0.1) is 22.8 Å². The van der Waals surface area contributed by atoms with E-state index < -0.39 is 0 Å². The lowest BCUT2D eigenvalue weighted by Crippen LogP contribution is -2.20. The van der Waals surface area contributed by atoms with Gasteiger partial charge in [-0.3, -0.25) is 14.2 Å². The Morgan fingerprint density at radius 1 is 1.33 bits per heavy atom. The second-order valence-corrected chi connectivity index (χ2v) is 4.69. The number of aromatic nitrogens is 4. The lowest BCUT2D eigenvalue weighted by molar-refractivity contribution is -0.118. The molecule has 0 atom stereocenters. The summed E-state index contributed by atoms with van der Waals surface area (Å²) in [7, 11) is 3.62. The highest BCUT2D eigenvalue weighted by atomic mass is 16.5. The van der Waals surface area contributed by atoms with Crippen molar-refractivity contribution in [1.82, 2.24) is 19.6 Å². The minimum Gasteiger partial charge on any atom is -0.466 e. The van der Waals surface area contributed by atoms with Crippen LogP contribution in [0.3, 0.4) is 0 Å². The monoisotopic (exact) mass is 285 g/mol. The number of hydrogen-bond acceptors (Lipinski definition) is 4. The molecule has 0 saturated heterocycles. The molecule has 0 fully saturated rings. The summed E-state index contributed by atoms with van der Waals surface area (Å²) in [5.74, 6) is 0.201. The van der Waals surface area contributed by atoms with Gasteiger partial charge in [-0.2, -0.15) is 5.10 Å². The predicted octanol–water partition coefficient (Wildman–Crippen LogP) is 1.32. The van der Waals surface area contributed by atoms with Crippen LogP contribution in [0.2, 0.25) is 0 Å². The second-order valence-electron chi connectivity index (χ2n) is 4.69. The summed E-state index contributed by atoms with van der Waals surface area (Å²) < 4.78 is 8.85. The van der Waals surface area contributed by atoms with Gasteiger partial charge in [0.2, 0.25) is 5.88 Å². The average Bonchev–Trinajstić information content (AvgIpc) is 3.01. The number of carbonyl (C=O) groups is 1. The number of amides is 1. The number of hydrogen-bond donors (Lipinski definition) is 1. The number of benzene rings is 1. The van der Waals surface area contributed by atoms with Gasteiger partial charge >= 0.3 is 0 Å². The van der Waals surface area contributed by atoms with Crippen molar-refractivity contribution in [2.45, 2.75) is 0 Å². The zero-order valence-corrected chi connectivity index (χ0v) is 11.8. The first-order valence-electron chi connectivity index (χ1n) is 6.46. The molecule has 0 unspecified atom stereocenters. The molecule has 0 spiro atoms. The largest absolute Gasteiger partial charge is 0.466 e. The molecular weight excluding hydrogens is 270 g/mol. The van der Waals surface area contributed by atoms with Crippen LogP contribution in [0.4, 0.5) is 5.69 Å². The highest BCUT2D eigenvalue weighted by Gasteiger charge is 2.11. The van der Waals surface area contributed by atoms with Gasteiger partial charge in [0, 0.05) is 20.3 Å². The van der Waals surface area contributed by atoms with Gasteiger partial charge in [-0.25, -0.2) is 0 Å². The summed E-state index contributed by atoms with van der Waals surface area (Å²) in [6.07, 6.45) is 3.29. The molecule has 1 N–H and O–H groups in total. The van der Waals surface area contributed by atoms with E-state index in [0.29, 0.717) is 11.6 Å². The molecule has 0 saturated carbocycles. The SMILES string of the molecule is Cn1cc(NC(=O)COc2nn(C)c3ccccc23)cn1. The number of anilines is 1. The summed E-state index contributed by atoms with van der Waals surface area (Å²) >= 11 is 0. The third-order valence-corrected chi connectivity index (χ3v) is 3.05. The number of fused-ring (bicyclic) bond motifs is 1. The zero-order valence-electron chi connectivity index (χ0n) is 11.8. The van der Waals surface area contributed by atoms with Crippen LogP contribution in [0, 0.1) is 0 Å². The van der Waals surface area contributed by atoms with E-state index in [2.05, 4.69) is 15.5 Å². The van der Waals surface area contributed by atoms with E-state index in [1.807, 2.05) is 31.3 Å². The molecular formula is C14H15N5O2. The average molecular weight is 285 g/mol. The van der Waals surface area contributed by atoms with Gasteiger partial charge in [-0.05, 0) is 12.1 Å². The number of nitrogens with zero attached hydrogens (tertiary/aromatic N) is 4. The Morgan fingerprint density at radius 2 is 2.14 bits per heavy atom. The van der Waals surface area contributed by atoms with Crippen LogP contribution < -0.4 is 10.1 Å². The van der Waals surface area contributed by atoms with E-state index in [1.165, 1.54) is 0 Å². The van der Waals surface area contributed by atoms with Gasteiger partial charge in [0.15, 0.2) is 6.61 Å². The van der Waals surface area contributed by atoms with Crippen molar-refractivity contribution in [3.63, 3.8) is 0 Å². The van der Waals surface area contributed by atoms with E-state index in [0.717, 1.165) is 10.9 Å². The van der Waals surface area contributed by atoms with Crippen molar-refractivity contribution in [3.8, 4) is 5.88 Å². The lowest BCUT2D eigenvalue weighted by atomic mass is 10.2. The normalized spacial score (nSPS) is 10.8. The lowest BCUT2D eigenvalue weighted by Gasteiger charge is -2.03. The van der Waals surface area contributed by atoms with Crippen LogP contribution in [-0.2, 0) is 18.9 Å². The van der Waals surface area contributed by atoms with Gasteiger partial charge in [0.1, 0.15) is 0 Å². The van der Waals surface area contributed by atoms with Crippen molar-refractivity contribution in [2.24, 2.45) is 14.1 Å². The fourth-order valence-corrected chi connectivity index (χ4v) is 2.10. The van der Waals surface area contributed by atoms with Crippen LogP contribution in [-0.4, -0.2) is 32.1 Å². The number of nitrogens with one attached hydrogen (secondary N) is 1. The van der Waals surface area contributed by atoms with Gasteiger partial charge in [-0.1, -0.05) is 12.1 Å². The predicted molar refractivity (Wildman–Crippen MR) is 78.0 cm³/mol. The van der Waals surface area contributed by atoms with Crippen LogP contribution in [0.15, 0.2) is 36.7 Å². The highest BCUT2D eigenvalue weighted by molar-refractivity contribution is 5.92. The standard InChI is InChI=1S/C14H15N5O2/c1-18-8-10(7-15-18)16-13(20)9-21-14-11-5-3-4-6-12(11)19(2)17-14/h3-8H,9H2,1-2H3,(H,16,20). The Kier molecular flexibility index (Phi) is 3.31. The Balaban J connectivity index is 1.67. The molecule has 0 aliphatic carbocycles. The summed E-state index contributed by atoms with van der Waals surface area (Å²) in [6, 6.07) is 7.71. The maximum absolute atomic E-state index is 11.8. The van der Waals surface area contributed by atoms with Crippen molar-refractivity contribution in [3.05, 3.63) is 36.7 Å². The Hall–Kier alpha value is -2.83. The fourth-order valence-electron chi connectivity index (χ4n) is 2.10. The number of rotatable bonds is 4. The zero-order chi connectivity index (χ0) is 14.8. The van der Waals surface area contributed by atoms with Crippen molar-refractivity contribution in [2.75, 3.05) is 11.9 Å². The first-order valence-corrected chi connectivity index (χ1v) is 6.46. The topological polar surface area (TPSA) is 74.0 Å². The molecule has 108 valence electrons. The summed E-state index contributed by atoms with van der Waals surface area (Å²) in [5, 5.41) is 11.8. The molecule has 21 heavy (non-hydrogen) atoms. The molecule has 7 heteroatoms. The maximum Gasteiger partial charge on any atom is 0.262 e. The fraction of sp³-hybridized carbons (Fsp3) is 0.214. The molecule has 7 nitrogen and oxygen atoms in total. The van der Waals surface area contributed by atoms with Crippen molar-refractivity contribution < 1.29 is 9.53 Å². The molecule has 2 aromatic heterocycles. The van der Waals surface area contributed by atoms with Gasteiger partial charge < -0.3 is 10.1 Å². The Morgan fingerprint density at radius 3 is 2.90 bits per heavy atom. The summed E-state index contributed by atoms with van der Waals surface area (Å²) in [4.78, 5) is 11.8. The molecule has 3 rings (SSSR count). The van der Waals surface area contributed by atoms with Crippen molar-refractivity contribution >= 4 is 22.5 Å². The molecule has 0 radical (unpaired) electrons. The van der Waals surface area contributed by atoms with E-state index in [-0.39, 0.29) is 12.5 Å². The minimum absolute atomic E-state index is 0.101. The van der Waals surface area contributed by atoms with E-state index in [9.17, 15) is 4.79 Å². The molecule has 0 aliphatic rings. The van der Waals surface area contributed by atoms with E-state index in [1.54, 1.807) is 28.8 Å². The highest BCUT2D eigenvalue weighted by Crippen LogP contribution is 2.23. The van der Waals surface area contributed by atoms with E-state index in [4.69, 9.17) is 4.74 Å². The van der Waals surface area contributed by atoms with Crippen LogP contribution in [0.25, 0.3) is 10.9 Å². The molecule has 0 bridgehead atoms. The Bertz CT molecular complexity index is 790. The molecule has 1 amide bonds. The summed E-state index contributed by atoms with van der Waals surface area (Å²) in [5.41, 5.74) is 1.59. The van der Waals surface area contributed by atoms with Crippen LogP contribution in [0.1, 0.15) is 0 Å². The van der Waals surface area contributed by atoms with Crippen LogP contribution in [0.5, 0.6) is 5.88 Å². The van der Waals surface area contributed by atoms with Gasteiger partial charge in [-0.15, -0.1) is 5.10 Å². The van der Waals surface area contributed by atoms with Crippen molar-refractivity contribution in [1.29, 1.82) is 0 Å². The molecule has 0 aliphatic heterocycles. The third-order valence-electron chi connectivity index (χ3n) is 3.05. The maximum atomic E-state index is 11.8. The second kappa shape index (κ2) is 5.28. The van der Waals surface area contributed by atoms with Crippen LogP contribution >= 0.6 is 0 Å². The van der Waals surface area contributed by atoms with E-state index >= 15 is 0 Å². The third kappa shape index (κ3) is 2.71. The summed E-state index contributed by atoms with van der Waals surface area (Å²) in [6.45, 7) is -0.101. The molecule has 2 heterocycles. The molecule has 1 aromatic carbocycles. The smallest absolute Gasteiger partial charge is 0.262 e. The minimum atomic E-state index is -0.252. The quantitative estimate of drug-likeness (QED) is 0.784. The number of carbonyl (C=O) groups excluding carboxylic acids is 1. The Labute approximate surface area is 121 Å². The number of para-hydroxylation sites is 1. The molecule has 3 aromatic rings. The number of aryl methyl sites for hydroxylation is 2. The first kappa shape index (κ1) is 13.2. The first-order chi connectivity index (χ1) is 10.1. The number of ether oxygens (including phenoxy) is 1.